The lowest BCUT2D eigenvalue weighted by Crippen LogP contribution is -2.00. The lowest BCUT2D eigenvalue weighted by molar-refractivity contribution is 0.0664. The number of pyridine rings is 1. The van der Waals surface area contributed by atoms with Crippen molar-refractivity contribution in [2.75, 3.05) is 0 Å². The fourth-order valence-corrected chi connectivity index (χ4v) is 1.33. The Morgan fingerprint density at radius 3 is 3.00 bits per heavy atom. The normalized spacial score (nSPS) is 9.87. The minimum Gasteiger partial charge on any atom is -0.431 e. The highest BCUT2D eigenvalue weighted by atomic mass is 16.5. The Kier molecular flexibility index (Phi) is 2.46. The van der Waals surface area contributed by atoms with Crippen LogP contribution >= 0.6 is 0 Å². The molecule has 2 rings (SSSR count). The molecule has 1 aromatic heterocycles. The van der Waals surface area contributed by atoms with Crippen LogP contribution in [0, 0.1) is 0 Å². The van der Waals surface area contributed by atoms with E-state index in [-0.39, 0.29) is 0 Å². The van der Waals surface area contributed by atoms with Crippen molar-refractivity contribution >= 4 is 16.9 Å². The third-order valence-electron chi connectivity index (χ3n) is 2.02. The molecule has 0 radical (unpaired) electrons. The van der Waals surface area contributed by atoms with E-state index in [1.807, 2.05) is 24.3 Å². The fraction of sp³-hybridized carbons (Fsp3) is 0. The van der Waals surface area contributed by atoms with Crippen LogP contribution in [0.3, 0.4) is 0 Å². The Morgan fingerprint density at radius 1 is 1.40 bits per heavy atom. The first kappa shape index (κ1) is 9.40. The van der Waals surface area contributed by atoms with E-state index < -0.39 is 5.97 Å². The van der Waals surface area contributed by atoms with Crippen LogP contribution in [0.4, 0.5) is 0 Å². The van der Waals surface area contributed by atoms with Gasteiger partial charge in [0, 0.05) is 11.6 Å². The number of carbonyl (C=O) groups excluding carboxylic acids is 1. The quantitative estimate of drug-likeness (QED) is 0.551. The van der Waals surface area contributed by atoms with Crippen LogP contribution in [0.25, 0.3) is 10.9 Å². The Bertz CT molecular complexity index is 520. The number of fused-ring (bicyclic) bond motifs is 1. The van der Waals surface area contributed by atoms with Gasteiger partial charge in [-0.1, -0.05) is 24.8 Å². The lowest BCUT2D eigenvalue weighted by Gasteiger charge is -2.00. The van der Waals surface area contributed by atoms with Crippen molar-refractivity contribution in [2.45, 2.75) is 0 Å². The molecular formula is C12H9NO2. The highest BCUT2D eigenvalue weighted by Crippen LogP contribution is 2.13. The maximum Gasteiger partial charge on any atom is 0.344 e. The number of nitrogens with zero attached hydrogens (tertiary/aromatic N) is 1. The van der Waals surface area contributed by atoms with Gasteiger partial charge >= 0.3 is 5.97 Å². The summed E-state index contributed by atoms with van der Waals surface area (Å²) < 4.78 is 4.66. The topological polar surface area (TPSA) is 39.2 Å². The summed E-state index contributed by atoms with van der Waals surface area (Å²) in [6.45, 7) is 3.33. The summed E-state index contributed by atoms with van der Waals surface area (Å²) in [5.41, 5.74) is 1.28. The van der Waals surface area contributed by atoms with Gasteiger partial charge in [-0.3, -0.25) is 4.98 Å². The molecule has 3 nitrogen and oxygen atoms in total. The van der Waals surface area contributed by atoms with Gasteiger partial charge in [-0.05, 0) is 12.1 Å². The highest BCUT2D eigenvalue weighted by Gasteiger charge is 2.06. The first-order valence-electron chi connectivity index (χ1n) is 4.48. The van der Waals surface area contributed by atoms with Crippen LogP contribution in [-0.4, -0.2) is 11.0 Å². The first-order chi connectivity index (χ1) is 7.31. The minimum atomic E-state index is -0.441. The average molecular weight is 199 g/mol. The van der Waals surface area contributed by atoms with Gasteiger partial charge in [-0.2, -0.15) is 0 Å². The molecule has 0 spiro atoms. The zero-order chi connectivity index (χ0) is 10.7. The molecule has 0 saturated carbocycles. The monoisotopic (exact) mass is 199 g/mol. The number of ether oxygens (including phenoxy) is 1. The Morgan fingerprint density at radius 2 is 2.20 bits per heavy atom. The van der Waals surface area contributed by atoms with E-state index in [0.717, 1.165) is 17.2 Å². The zero-order valence-corrected chi connectivity index (χ0v) is 8.01. The van der Waals surface area contributed by atoms with Gasteiger partial charge in [0.15, 0.2) is 0 Å². The first-order valence-corrected chi connectivity index (χ1v) is 4.48. The van der Waals surface area contributed by atoms with E-state index >= 15 is 0 Å². The van der Waals surface area contributed by atoms with Crippen LogP contribution in [0.1, 0.15) is 10.4 Å². The summed E-state index contributed by atoms with van der Waals surface area (Å²) in [6, 6.07) is 9.32. The molecule has 1 aromatic carbocycles. The van der Waals surface area contributed by atoms with E-state index in [1.165, 1.54) is 6.20 Å². The standard InChI is InChI=1S/C12H9NO2/c1-2-15-12(14)10-7-9-5-3-4-6-11(9)13-8-10/h2-8H,1H2. The third-order valence-corrected chi connectivity index (χ3v) is 2.02. The second-order valence-electron chi connectivity index (χ2n) is 2.99. The van der Waals surface area contributed by atoms with Crippen LogP contribution in [0.5, 0.6) is 0 Å². The van der Waals surface area contributed by atoms with Gasteiger partial charge in [0.25, 0.3) is 0 Å². The predicted molar refractivity (Wildman–Crippen MR) is 57.4 cm³/mol. The molecule has 0 aliphatic carbocycles. The van der Waals surface area contributed by atoms with Crippen molar-refractivity contribution < 1.29 is 9.53 Å². The molecule has 0 aliphatic rings. The SMILES string of the molecule is C=COC(=O)c1cnc2ccccc2c1. The summed E-state index contributed by atoms with van der Waals surface area (Å²) in [7, 11) is 0. The maximum atomic E-state index is 11.4. The zero-order valence-electron chi connectivity index (χ0n) is 8.01. The summed E-state index contributed by atoms with van der Waals surface area (Å²) in [4.78, 5) is 15.5. The van der Waals surface area contributed by atoms with Crippen LogP contribution in [-0.2, 0) is 4.74 Å². The number of carbonyl (C=O) groups is 1. The number of rotatable bonds is 2. The van der Waals surface area contributed by atoms with Crippen LogP contribution in [0.15, 0.2) is 49.4 Å². The minimum absolute atomic E-state index is 0.425. The molecule has 2 aromatic rings. The molecule has 74 valence electrons. The molecule has 3 heteroatoms. The molecule has 0 unspecified atom stereocenters. The van der Waals surface area contributed by atoms with E-state index in [4.69, 9.17) is 0 Å². The Hall–Kier alpha value is -2.16. The van der Waals surface area contributed by atoms with Gasteiger partial charge in [0.1, 0.15) is 0 Å². The van der Waals surface area contributed by atoms with Gasteiger partial charge in [-0.15, -0.1) is 0 Å². The van der Waals surface area contributed by atoms with Crippen molar-refractivity contribution in [1.82, 2.24) is 4.98 Å². The Balaban J connectivity index is 2.46. The van der Waals surface area contributed by atoms with Crippen LogP contribution < -0.4 is 0 Å². The number of hydrogen-bond acceptors (Lipinski definition) is 3. The largest absolute Gasteiger partial charge is 0.431 e. The van der Waals surface area contributed by atoms with Gasteiger partial charge in [-0.25, -0.2) is 4.79 Å². The van der Waals surface area contributed by atoms with Crippen molar-refractivity contribution in [1.29, 1.82) is 0 Å². The number of aromatic nitrogens is 1. The van der Waals surface area contributed by atoms with Crippen LogP contribution in [0.2, 0.25) is 0 Å². The molecule has 0 saturated heterocycles. The summed E-state index contributed by atoms with van der Waals surface area (Å²) >= 11 is 0. The molecule has 0 amide bonds. The molecule has 0 atom stereocenters. The lowest BCUT2D eigenvalue weighted by atomic mass is 10.2. The van der Waals surface area contributed by atoms with Gasteiger partial charge in [0.05, 0.1) is 17.3 Å². The molecule has 1 heterocycles. The fourth-order valence-electron chi connectivity index (χ4n) is 1.33. The predicted octanol–water partition coefficient (Wildman–Crippen LogP) is 2.54. The molecule has 0 N–H and O–H groups in total. The summed E-state index contributed by atoms with van der Waals surface area (Å²) in [5, 5.41) is 0.913. The number of benzene rings is 1. The van der Waals surface area contributed by atoms with Crippen molar-refractivity contribution in [3.63, 3.8) is 0 Å². The van der Waals surface area contributed by atoms with E-state index in [2.05, 4.69) is 16.3 Å². The molecule has 0 fully saturated rings. The molecule has 15 heavy (non-hydrogen) atoms. The molecule has 0 bridgehead atoms. The smallest absolute Gasteiger partial charge is 0.344 e. The average Bonchev–Trinajstić information content (AvgIpc) is 2.29. The van der Waals surface area contributed by atoms with E-state index in [1.54, 1.807) is 6.07 Å². The maximum absolute atomic E-state index is 11.4. The Labute approximate surface area is 87.0 Å². The van der Waals surface area contributed by atoms with Crippen molar-refractivity contribution in [3.8, 4) is 0 Å². The summed E-state index contributed by atoms with van der Waals surface area (Å²) in [6.07, 6.45) is 2.60. The molecule has 0 aliphatic heterocycles. The number of esters is 1. The van der Waals surface area contributed by atoms with E-state index in [9.17, 15) is 4.79 Å². The summed E-state index contributed by atoms with van der Waals surface area (Å²) in [5.74, 6) is -0.441. The van der Waals surface area contributed by atoms with Gasteiger partial charge in [0.2, 0.25) is 0 Å². The second-order valence-corrected chi connectivity index (χ2v) is 2.99. The molecular weight excluding hydrogens is 190 g/mol. The third kappa shape index (κ3) is 1.86. The number of hydrogen-bond donors (Lipinski definition) is 0. The van der Waals surface area contributed by atoms with Crippen molar-refractivity contribution in [2.24, 2.45) is 0 Å². The van der Waals surface area contributed by atoms with E-state index in [0.29, 0.717) is 5.56 Å². The number of para-hydroxylation sites is 1. The van der Waals surface area contributed by atoms with Gasteiger partial charge < -0.3 is 4.74 Å². The highest BCUT2D eigenvalue weighted by molar-refractivity contribution is 5.93. The second kappa shape index (κ2) is 3.92. The van der Waals surface area contributed by atoms with Crippen molar-refractivity contribution in [3.05, 3.63) is 54.9 Å².